The molecule has 2 heterocycles. The van der Waals surface area contributed by atoms with Gasteiger partial charge in [-0.2, -0.15) is 9.61 Å². The van der Waals surface area contributed by atoms with Gasteiger partial charge in [-0.1, -0.05) is 42.5 Å². The van der Waals surface area contributed by atoms with E-state index >= 15 is 0 Å². The number of nitrogens with zero attached hydrogens (tertiary/aromatic N) is 3. The van der Waals surface area contributed by atoms with Crippen LogP contribution in [0, 0.1) is 0 Å². The Kier molecular flexibility index (Phi) is 4.52. The number of aromatic nitrogens is 3. The minimum absolute atomic E-state index is 0.101. The summed E-state index contributed by atoms with van der Waals surface area (Å²) in [6.45, 7) is -0.101. The Morgan fingerprint density at radius 1 is 1.07 bits per heavy atom. The van der Waals surface area contributed by atoms with Crippen LogP contribution in [0.1, 0.15) is 11.6 Å². The number of rotatable bonds is 5. The van der Waals surface area contributed by atoms with Gasteiger partial charge in [0.2, 0.25) is 0 Å². The summed E-state index contributed by atoms with van der Waals surface area (Å²) in [7, 11) is 6.02. The van der Waals surface area contributed by atoms with Gasteiger partial charge in [0, 0.05) is 17.8 Å². The number of hydrogen-bond acceptors (Lipinski definition) is 5. The topological polar surface area (TPSA) is 82.7 Å². The van der Waals surface area contributed by atoms with Crippen molar-refractivity contribution < 1.29 is 10.2 Å². The number of benzene rings is 2. The molecule has 27 heavy (non-hydrogen) atoms. The third-order valence-corrected chi connectivity index (χ3v) is 4.39. The fourth-order valence-electron chi connectivity index (χ4n) is 3.01. The number of para-hydroxylation sites is 1. The summed E-state index contributed by atoms with van der Waals surface area (Å²) >= 11 is 0. The molecular weight excluding hydrogens is 339 g/mol. The second-order valence-electron chi connectivity index (χ2n) is 6.17. The molecule has 6 nitrogen and oxygen atoms in total. The average Bonchev–Trinajstić information content (AvgIpc) is 3.08. The number of phenols is 1. The Balaban J connectivity index is 1.83. The van der Waals surface area contributed by atoms with Crippen LogP contribution < -0.4 is 10.8 Å². The van der Waals surface area contributed by atoms with E-state index in [4.69, 9.17) is 7.85 Å². The van der Waals surface area contributed by atoms with Crippen LogP contribution in [0.25, 0.3) is 16.9 Å². The van der Waals surface area contributed by atoms with Crippen molar-refractivity contribution in [1.29, 1.82) is 0 Å². The van der Waals surface area contributed by atoms with E-state index in [0.717, 1.165) is 5.56 Å². The Morgan fingerprint density at radius 2 is 1.81 bits per heavy atom. The number of nitrogens with one attached hydrogen (secondary N) is 1. The summed E-state index contributed by atoms with van der Waals surface area (Å²) in [5.41, 5.74) is 2.98. The normalized spacial score (nSPS) is 12.2. The molecule has 2 aromatic heterocycles. The third kappa shape index (κ3) is 3.25. The van der Waals surface area contributed by atoms with E-state index in [9.17, 15) is 10.2 Å². The zero-order valence-corrected chi connectivity index (χ0v) is 14.4. The summed E-state index contributed by atoms with van der Waals surface area (Å²) in [5, 5.41) is 27.7. The van der Waals surface area contributed by atoms with Crippen molar-refractivity contribution in [3.63, 3.8) is 0 Å². The van der Waals surface area contributed by atoms with Gasteiger partial charge in [-0.15, -0.1) is 0 Å². The van der Waals surface area contributed by atoms with E-state index in [1.165, 1.54) is 6.20 Å². The van der Waals surface area contributed by atoms with Crippen molar-refractivity contribution >= 4 is 24.8 Å². The predicted octanol–water partition coefficient (Wildman–Crippen LogP) is 2.04. The molecule has 2 aromatic carbocycles. The van der Waals surface area contributed by atoms with Gasteiger partial charge in [0.25, 0.3) is 0 Å². The molecule has 0 unspecified atom stereocenters. The van der Waals surface area contributed by atoms with Crippen LogP contribution in [0.2, 0.25) is 0 Å². The molecule has 0 saturated carbocycles. The second kappa shape index (κ2) is 7.13. The van der Waals surface area contributed by atoms with Crippen LogP contribution in [-0.4, -0.2) is 39.3 Å². The van der Waals surface area contributed by atoms with Crippen molar-refractivity contribution in [1.82, 2.24) is 14.6 Å². The van der Waals surface area contributed by atoms with Crippen molar-refractivity contribution in [3.8, 4) is 17.0 Å². The second-order valence-corrected chi connectivity index (χ2v) is 6.17. The van der Waals surface area contributed by atoms with Gasteiger partial charge < -0.3 is 15.5 Å². The van der Waals surface area contributed by atoms with E-state index in [1.54, 1.807) is 28.8 Å². The van der Waals surface area contributed by atoms with Crippen LogP contribution in [0.4, 0.5) is 5.82 Å². The van der Waals surface area contributed by atoms with Gasteiger partial charge in [-0.3, -0.25) is 0 Å². The van der Waals surface area contributed by atoms with Crippen LogP contribution in [0.3, 0.4) is 0 Å². The summed E-state index contributed by atoms with van der Waals surface area (Å²) in [6, 6.07) is 18.0. The van der Waals surface area contributed by atoms with E-state index < -0.39 is 0 Å². The van der Waals surface area contributed by atoms with Crippen molar-refractivity contribution in [2.75, 3.05) is 11.9 Å². The standard InChI is InChI=1S/C20H17BN4O2/c21-15-11-22-25-19(23-17(12-26)13-6-2-1-3-7-13)10-16(24-20(15)25)14-8-4-5-9-18(14)27/h1-11,17,23,26-27H,12H2/t17-/m0/s1. The van der Waals surface area contributed by atoms with Crippen molar-refractivity contribution in [3.05, 3.63) is 72.4 Å². The van der Waals surface area contributed by atoms with E-state index in [1.807, 2.05) is 36.4 Å². The van der Waals surface area contributed by atoms with E-state index in [-0.39, 0.29) is 18.4 Å². The maximum atomic E-state index is 10.2. The molecule has 0 bridgehead atoms. The zero-order valence-electron chi connectivity index (χ0n) is 14.4. The Labute approximate surface area is 157 Å². The number of fused-ring (bicyclic) bond motifs is 1. The molecule has 0 saturated heterocycles. The molecule has 3 N–H and O–H groups in total. The molecule has 0 aliphatic carbocycles. The molecule has 7 heteroatoms. The minimum Gasteiger partial charge on any atom is -0.507 e. The van der Waals surface area contributed by atoms with Crippen molar-refractivity contribution in [2.45, 2.75) is 6.04 Å². The van der Waals surface area contributed by atoms with Crippen LogP contribution in [0.15, 0.2) is 66.9 Å². The van der Waals surface area contributed by atoms with Gasteiger partial charge in [-0.25, -0.2) is 4.98 Å². The van der Waals surface area contributed by atoms with Crippen LogP contribution in [-0.2, 0) is 0 Å². The molecular formula is C20H17BN4O2. The summed E-state index contributed by atoms with van der Waals surface area (Å²) in [6.07, 6.45) is 1.53. The van der Waals surface area contributed by atoms with Gasteiger partial charge in [0.15, 0.2) is 5.65 Å². The molecule has 132 valence electrons. The first-order valence-electron chi connectivity index (χ1n) is 8.52. The monoisotopic (exact) mass is 356 g/mol. The van der Waals surface area contributed by atoms with Crippen LogP contribution >= 0.6 is 0 Å². The van der Waals surface area contributed by atoms with Gasteiger partial charge in [-0.05, 0) is 23.2 Å². The Morgan fingerprint density at radius 3 is 2.56 bits per heavy atom. The van der Waals surface area contributed by atoms with E-state index in [0.29, 0.717) is 28.2 Å². The number of aliphatic hydroxyl groups is 1. The highest BCUT2D eigenvalue weighted by atomic mass is 16.3. The zero-order chi connectivity index (χ0) is 18.8. The molecule has 4 aromatic rings. The Bertz CT molecular complexity index is 1080. The lowest BCUT2D eigenvalue weighted by Crippen LogP contribution is -2.18. The molecule has 0 amide bonds. The lowest BCUT2D eigenvalue weighted by molar-refractivity contribution is 0.276. The fourth-order valence-corrected chi connectivity index (χ4v) is 3.01. The first kappa shape index (κ1) is 17.1. The number of aliphatic hydroxyl groups excluding tert-OH is 1. The first-order chi connectivity index (χ1) is 13.2. The Hall–Kier alpha value is -3.32. The van der Waals surface area contributed by atoms with Gasteiger partial charge in [0.1, 0.15) is 19.4 Å². The summed E-state index contributed by atoms with van der Waals surface area (Å²) < 4.78 is 1.59. The SMILES string of the molecule is [B]c1cnn2c(N[C@@H](CO)c3ccccc3)cc(-c3ccccc3O)nc12. The number of aromatic hydroxyl groups is 1. The minimum atomic E-state index is -0.334. The molecule has 2 radical (unpaired) electrons. The largest absolute Gasteiger partial charge is 0.507 e. The summed E-state index contributed by atoms with van der Waals surface area (Å²) in [5.74, 6) is 0.734. The predicted molar refractivity (Wildman–Crippen MR) is 105 cm³/mol. The molecule has 4 rings (SSSR count). The first-order valence-corrected chi connectivity index (χ1v) is 8.52. The van der Waals surface area contributed by atoms with Gasteiger partial charge in [0.05, 0.1) is 18.3 Å². The lowest BCUT2D eigenvalue weighted by Gasteiger charge is -2.19. The number of anilines is 1. The molecule has 0 fully saturated rings. The van der Waals surface area contributed by atoms with Crippen LogP contribution in [0.5, 0.6) is 5.75 Å². The molecule has 0 aliphatic rings. The average molecular weight is 356 g/mol. The third-order valence-electron chi connectivity index (χ3n) is 4.39. The highest BCUT2D eigenvalue weighted by molar-refractivity contribution is 6.36. The maximum absolute atomic E-state index is 10.2. The van der Waals surface area contributed by atoms with E-state index in [2.05, 4.69) is 15.4 Å². The fraction of sp³-hybridized carbons (Fsp3) is 0.100. The smallest absolute Gasteiger partial charge is 0.150 e. The molecule has 0 aliphatic heterocycles. The maximum Gasteiger partial charge on any atom is 0.150 e. The molecule has 0 spiro atoms. The number of hydrogen-bond donors (Lipinski definition) is 3. The highest BCUT2D eigenvalue weighted by Crippen LogP contribution is 2.30. The number of phenolic OH excluding ortho intramolecular Hbond substituents is 1. The quantitative estimate of drug-likeness (QED) is 0.477. The lowest BCUT2D eigenvalue weighted by atomic mass is 10.0. The summed E-state index contributed by atoms with van der Waals surface area (Å²) in [4.78, 5) is 4.55. The van der Waals surface area contributed by atoms with Gasteiger partial charge >= 0.3 is 0 Å². The molecule has 1 atom stereocenters. The van der Waals surface area contributed by atoms with Crippen molar-refractivity contribution in [2.24, 2.45) is 0 Å². The highest BCUT2D eigenvalue weighted by Gasteiger charge is 2.16.